The lowest BCUT2D eigenvalue weighted by Gasteiger charge is -2.18. The molecule has 0 unspecified atom stereocenters. The number of halogens is 4. The summed E-state index contributed by atoms with van der Waals surface area (Å²) in [6.07, 6.45) is -0.903. The summed E-state index contributed by atoms with van der Waals surface area (Å²) < 4.78 is 43.1. The lowest BCUT2D eigenvalue weighted by Crippen LogP contribution is -2.40. The second-order valence-corrected chi connectivity index (χ2v) is 6.42. The molecule has 1 saturated carbocycles. The number of hydrogen-bond donors (Lipinski definition) is 2. The van der Waals surface area contributed by atoms with Crippen molar-refractivity contribution in [2.24, 2.45) is 10.4 Å². The Bertz CT molecular complexity index is 572. The fraction of sp³-hybridized carbons (Fsp3) is 0.611. The Morgan fingerprint density at radius 2 is 1.85 bits per heavy atom. The molecule has 0 spiro atoms. The minimum Gasteiger partial charge on any atom is -0.382 e. The molecule has 148 valence electrons. The van der Waals surface area contributed by atoms with Crippen LogP contribution < -0.4 is 10.6 Å². The number of nitrogens with zero attached hydrogens (tertiary/aromatic N) is 1. The van der Waals surface area contributed by atoms with E-state index in [1.807, 2.05) is 6.92 Å². The molecule has 1 aromatic carbocycles. The molecule has 0 aromatic heterocycles. The van der Waals surface area contributed by atoms with Gasteiger partial charge in [0.15, 0.2) is 5.96 Å². The molecule has 0 radical (unpaired) electrons. The van der Waals surface area contributed by atoms with Crippen molar-refractivity contribution in [2.75, 3.05) is 26.8 Å². The summed E-state index contributed by atoms with van der Waals surface area (Å²) in [7, 11) is 1.68. The van der Waals surface area contributed by atoms with Crippen LogP contribution in [0.25, 0.3) is 0 Å². The van der Waals surface area contributed by atoms with Gasteiger partial charge in [-0.2, -0.15) is 13.2 Å². The van der Waals surface area contributed by atoms with Gasteiger partial charge in [-0.15, -0.1) is 24.0 Å². The monoisotopic (exact) mass is 485 g/mol. The van der Waals surface area contributed by atoms with E-state index in [1.54, 1.807) is 7.05 Å². The maximum atomic E-state index is 12.6. The fourth-order valence-corrected chi connectivity index (χ4v) is 2.61. The van der Waals surface area contributed by atoms with Crippen LogP contribution in [-0.2, 0) is 17.5 Å². The van der Waals surface area contributed by atoms with Crippen LogP contribution in [-0.4, -0.2) is 32.8 Å². The number of aliphatic imine (C=N–C) groups is 1. The zero-order chi connectivity index (χ0) is 18.3. The first-order valence-electron chi connectivity index (χ1n) is 8.57. The van der Waals surface area contributed by atoms with Crippen molar-refractivity contribution in [3.05, 3.63) is 35.4 Å². The van der Waals surface area contributed by atoms with Crippen LogP contribution in [0.5, 0.6) is 0 Å². The highest BCUT2D eigenvalue weighted by atomic mass is 127. The van der Waals surface area contributed by atoms with E-state index in [4.69, 9.17) is 4.74 Å². The van der Waals surface area contributed by atoms with Gasteiger partial charge in [0.2, 0.25) is 0 Å². The fourth-order valence-electron chi connectivity index (χ4n) is 2.61. The lowest BCUT2D eigenvalue weighted by molar-refractivity contribution is -0.137. The number of rotatable bonds is 8. The largest absolute Gasteiger partial charge is 0.416 e. The van der Waals surface area contributed by atoms with Gasteiger partial charge < -0.3 is 15.4 Å². The minimum atomic E-state index is -4.30. The zero-order valence-corrected chi connectivity index (χ0v) is 17.5. The summed E-state index contributed by atoms with van der Waals surface area (Å²) in [5, 5.41) is 6.45. The summed E-state index contributed by atoms with van der Waals surface area (Å²) in [5.41, 5.74) is 0.429. The Labute approximate surface area is 170 Å². The van der Waals surface area contributed by atoms with Crippen molar-refractivity contribution >= 4 is 29.9 Å². The van der Waals surface area contributed by atoms with Gasteiger partial charge in [-0.3, -0.25) is 4.99 Å². The van der Waals surface area contributed by atoms with Crippen LogP contribution in [0, 0.1) is 5.41 Å². The maximum Gasteiger partial charge on any atom is 0.416 e. The van der Waals surface area contributed by atoms with Gasteiger partial charge in [-0.1, -0.05) is 12.1 Å². The number of benzene rings is 1. The first-order chi connectivity index (χ1) is 11.9. The molecule has 0 atom stereocenters. The molecule has 4 nitrogen and oxygen atoms in total. The van der Waals surface area contributed by atoms with Crippen molar-refractivity contribution in [2.45, 2.75) is 38.9 Å². The van der Waals surface area contributed by atoms with E-state index < -0.39 is 11.7 Å². The van der Waals surface area contributed by atoms with E-state index in [1.165, 1.54) is 25.0 Å². The van der Waals surface area contributed by atoms with Crippen LogP contribution in [0.4, 0.5) is 13.2 Å². The lowest BCUT2D eigenvalue weighted by atomic mass is 10.0. The van der Waals surface area contributed by atoms with Crippen molar-refractivity contribution in [3.63, 3.8) is 0 Å². The number of hydrogen-bond acceptors (Lipinski definition) is 2. The quantitative estimate of drug-likeness (QED) is 0.251. The summed E-state index contributed by atoms with van der Waals surface area (Å²) >= 11 is 0. The summed E-state index contributed by atoms with van der Waals surface area (Å²) in [6.45, 7) is 4.75. The van der Waals surface area contributed by atoms with Gasteiger partial charge in [0, 0.05) is 33.4 Å². The van der Waals surface area contributed by atoms with Gasteiger partial charge in [-0.05, 0) is 49.3 Å². The van der Waals surface area contributed by atoms with Gasteiger partial charge >= 0.3 is 6.18 Å². The van der Waals surface area contributed by atoms with Crippen LogP contribution in [0.2, 0.25) is 0 Å². The molecule has 26 heavy (non-hydrogen) atoms. The van der Waals surface area contributed by atoms with E-state index in [0.717, 1.165) is 43.9 Å². The van der Waals surface area contributed by atoms with Gasteiger partial charge in [-0.25, -0.2) is 0 Å². The molecule has 0 saturated heterocycles. The Kier molecular flexibility index (Phi) is 9.15. The minimum absolute atomic E-state index is 0. The van der Waals surface area contributed by atoms with Crippen LogP contribution >= 0.6 is 24.0 Å². The molecule has 2 N–H and O–H groups in total. The third-order valence-electron chi connectivity index (χ3n) is 4.53. The zero-order valence-electron chi connectivity index (χ0n) is 15.2. The maximum absolute atomic E-state index is 12.6. The van der Waals surface area contributed by atoms with E-state index in [-0.39, 0.29) is 24.0 Å². The van der Waals surface area contributed by atoms with Gasteiger partial charge in [0.25, 0.3) is 0 Å². The van der Waals surface area contributed by atoms with E-state index >= 15 is 0 Å². The van der Waals surface area contributed by atoms with Crippen molar-refractivity contribution in [1.29, 1.82) is 0 Å². The van der Waals surface area contributed by atoms with Crippen molar-refractivity contribution in [1.82, 2.24) is 10.6 Å². The van der Waals surface area contributed by atoms with E-state index in [9.17, 15) is 13.2 Å². The highest BCUT2D eigenvalue weighted by Crippen LogP contribution is 2.48. The Hall–Kier alpha value is -1.03. The second kappa shape index (κ2) is 10.3. The Morgan fingerprint density at radius 1 is 1.19 bits per heavy atom. The molecule has 1 aliphatic rings. The van der Waals surface area contributed by atoms with Crippen LogP contribution in [0.3, 0.4) is 0 Å². The Balaban J connectivity index is 0.00000338. The summed E-state index contributed by atoms with van der Waals surface area (Å²) in [4.78, 5) is 4.17. The number of nitrogens with one attached hydrogen (secondary N) is 2. The third kappa shape index (κ3) is 7.30. The smallest absolute Gasteiger partial charge is 0.382 e. The molecular formula is C18H27F3IN3O. The summed E-state index contributed by atoms with van der Waals surface area (Å²) in [5.74, 6) is 0.655. The molecular weight excluding hydrogens is 458 g/mol. The SMILES string of the molecule is CCOCCC1(CNC(=NC)NCc2ccc(C(F)(F)F)cc2)CC1.I. The molecule has 1 fully saturated rings. The molecule has 2 rings (SSSR count). The van der Waals surface area contributed by atoms with Crippen LogP contribution in [0.1, 0.15) is 37.3 Å². The highest BCUT2D eigenvalue weighted by molar-refractivity contribution is 14.0. The number of ether oxygens (including phenoxy) is 1. The molecule has 1 aliphatic carbocycles. The molecule has 8 heteroatoms. The summed E-state index contributed by atoms with van der Waals surface area (Å²) in [6, 6.07) is 5.15. The normalized spacial score (nSPS) is 16.0. The van der Waals surface area contributed by atoms with Crippen LogP contribution in [0.15, 0.2) is 29.3 Å². The second-order valence-electron chi connectivity index (χ2n) is 6.42. The van der Waals surface area contributed by atoms with Gasteiger partial charge in [0.05, 0.1) is 5.56 Å². The average Bonchev–Trinajstić information content (AvgIpc) is 3.35. The predicted molar refractivity (Wildman–Crippen MR) is 108 cm³/mol. The molecule has 0 aliphatic heterocycles. The molecule has 0 heterocycles. The number of guanidine groups is 1. The predicted octanol–water partition coefficient (Wildman–Crippen LogP) is 4.20. The van der Waals surface area contributed by atoms with Crippen molar-refractivity contribution < 1.29 is 17.9 Å². The third-order valence-corrected chi connectivity index (χ3v) is 4.53. The van der Waals surface area contributed by atoms with Crippen molar-refractivity contribution in [3.8, 4) is 0 Å². The highest BCUT2D eigenvalue weighted by Gasteiger charge is 2.41. The first kappa shape index (κ1) is 23.0. The molecule has 1 aromatic rings. The topological polar surface area (TPSA) is 45.6 Å². The van der Waals surface area contributed by atoms with Gasteiger partial charge in [0.1, 0.15) is 0 Å². The van der Waals surface area contributed by atoms with E-state index in [0.29, 0.717) is 17.9 Å². The Morgan fingerprint density at radius 3 is 2.35 bits per heavy atom. The first-order valence-corrected chi connectivity index (χ1v) is 8.57. The molecule has 0 amide bonds. The standard InChI is InChI=1S/C18H26F3N3O.HI/c1-3-25-11-10-17(8-9-17)13-24-16(22-2)23-12-14-4-6-15(7-5-14)18(19,20)21;/h4-7H,3,8-13H2,1-2H3,(H2,22,23,24);1H. The number of alkyl halides is 3. The average molecular weight is 485 g/mol. The molecule has 0 bridgehead atoms. The van der Waals surface area contributed by atoms with E-state index in [2.05, 4.69) is 15.6 Å².